The van der Waals surface area contributed by atoms with Crippen molar-refractivity contribution in [3.63, 3.8) is 0 Å². The number of nitrogens with zero attached hydrogens (tertiary/aromatic N) is 3. The van der Waals surface area contributed by atoms with Gasteiger partial charge in [-0.15, -0.1) is 0 Å². The SMILES string of the molecule is COc1ccc(C(=O)N2CCN(c3nc4ccc(C)cc4s3)CC2)cc1OC. The van der Waals surface area contributed by atoms with Crippen molar-refractivity contribution >= 4 is 32.6 Å². The zero-order valence-corrected chi connectivity index (χ0v) is 17.1. The molecule has 1 fully saturated rings. The van der Waals surface area contributed by atoms with Gasteiger partial charge < -0.3 is 19.3 Å². The lowest BCUT2D eigenvalue weighted by molar-refractivity contribution is 0.0746. The number of fused-ring (bicyclic) bond motifs is 1. The van der Waals surface area contributed by atoms with Gasteiger partial charge in [0.2, 0.25) is 0 Å². The number of amides is 1. The Kier molecular flexibility index (Phi) is 5.09. The Bertz CT molecular complexity index is 1010. The normalized spacial score (nSPS) is 14.4. The van der Waals surface area contributed by atoms with Crippen molar-refractivity contribution in [3.05, 3.63) is 47.5 Å². The van der Waals surface area contributed by atoms with Crippen LogP contribution in [0.4, 0.5) is 5.13 Å². The van der Waals surface area contributed by atoms with Gasteiger partial charge in [0.15, 0.2) is 16.6 Å². The monoisotopic (exact) mass is 397 g/mol. The quantitative estimate of drug-likeness (QED) is 0.674. The minimum atomic E-state index is 0.0144. The number of rotatable bonds is 4. The van der Waals surface area contributed by atoms with Crippen molar-refractivity contribution in [1.82, 2.24) is 9.88 Å². The van der Waals surface area contributed by atoms with E-state index in [2.05, 4.69) is 30.0 Å². The Labute approximate surface area is 168 Å². The molecule has 4 rings (SSSR count). The summed E-state index contributed by atoms with van der Waals surface area (Å²) in [6, 6.07) is 11.6. The summed E-state index contributed by atoms with van der Waals surface area (Å²) in [7, 11) is 3.16. The highest BCUT2D eigenvalue weighted by molar-refractivity contribution is 7.22. The third-order valence-corrected chi connectivity index (χ3v) is 6.08. The Morgan fingerprint density at radius 2 is 1.75 bits per heavy atom. The van der Waals surface area contributed by atoms with Crippen molar-refractivity contribution in [2.24, 2.45) is 0 Å². The number of benzene rings is 2. The topological polar surface area (TPSA) is 54.9 Å². The van der Waals surface area contributed by atoms with Gasteiger partial charge in [0.25, 0.3) is 5.91 Å². The maximum absolute atomic E-state index is 12.9. The van der Waals surface area contributed by atoms with Crippen LogP contribution >= 0.6 is 11.3 Å². The molecule has 1 aliphatic rings. The largest absolute Gasteiger partial charge is 0.493 e. The molecule has 0 spiro atoms. The molecular formula is C21H23N3O3S. The number of carbonyl (C=O) groups is 1. The highest BCUT2D eigenvalue weighted by Gasteiger charge is 2.24. The standard InChI is InChI=1S/C21H23N3O3S/c1-14-4-6-16-19(12-14)28-21(22-16)24-10-8-23(9-11-24)20(25)15-5-7-17(26-2)18(13-15)27-3/h4-7,12-13H,8-11H2,1-3H3. The van der Waals surface area contributed by atoms with Crippen molar-refractivity contribution in [3.8, 4) is 11.5 Å². The molecule has 0 radical (unpaired) electrons. The van der Waals surface area contributed by atoms with Crippen molar-refractivity contribution in [2.75, 3.05) is 45.3 Å². The second-order valence-corrected chi connectivity index (χ2v) is 7.83. The first kappa shape index (κ1) is 18.6. The summed E-state index contributed by atoms with van der Waals surface area (Å²) in [5.74, 6) is 1.20. The minimum absolute atomic E-state index is 0.0144. The molecule has 7 heteroatoms. The predicted octanol–water partition coefficient (Wildman–Crippen LogP) is 3.58. The van der Waals surface area contributed by atoms with Gasteiger partial charge in [-0.3, -0.25) is 4.79 Å². The summed E-state index contributed by atoms with van der Waals surface area (Å²) < 4.78 is 11.8. The highest BCUT2D eigenvalue weighted by Crippen LogP contribution is 2.31. The molecule has 0 bridgehead atoms. The van der Waals surface area contributed by atoms with E-state index in [1.165, 1.54) is 10.3 Å². The number of hydrogen-bond donors (Lipinski definition) is 0. The molecular weight excluding hydrogens is 374 g/mol. The van der Waals surface area contributed by atoms with E-state index >= 15 is 0 Å². The van der Waals surface area contributed by atoms with E-state index in [1.54, 1.807) is 43.8 Å². The number of ether oxygens (including phenoxy) is 2. The van der Waals surface area contributed by atoms with Gasteiger partial charge in [0, 0.05) is 31.7 Å². The molecule has 0 aliphatic carbocycles. The number of carbonyl (C=O) groups excluding carboxylic acids is 1. The van der Waals surface area contributed by atoms with Crippen LogP contribution in [0.25, 0.3) is 10.2 Å². The van der Waals surface area contributed by atoms with Crippen LogP contribution in [-0.4, -0.2) is 56.2 Å². The van der Waals surface area contributed by atoms with E-state index in [0.29, 0.717) is 30.2 Å². The summed E-state index contributed by atoms with van der Waals surface area (Å²) in [4.78, 5) is 21.8. The molecule has 0 saturated carbocycles. The summed E-state index contributed by atoms with van der Waals surface area (Å²) in [5, 5.41) is 1.03. The van der Waals surface area contributed by atoms with E-state index in [-0.39, 0.29) is 5.91 Å². The van der Waals surface area contributed by atoms with Crippen LogP contribution < -0.4 is 14.4 Å². The fourth-order valence-corrected chi connectivity index (χ4v) is 4.52. The second-order valence-electron chi connectivity index (χ2n) is 6.82. The number of anilines is 1. The maximum atomic E-state index is 12.9. The lowest BCUT2D eigenvalue weighted by atomic mass is 10.1. The average molecular weight is 398 g/mol. The molecule has 3 aromatic rings. The lowest BCUT2D eigenvalue weighted by Gasteiger charge is -2.34. The molecule has 2 aromatic carbocycles. The average Bonchev–Trinajstić information content (AvgIpc) is 3.16. The summed E-state index contributed by atoms with van der Waals surface area (Å²) in [6.07, 6.45) is 0. The molecule has 0 N–H and O–H groups in total. The van der Waals surface area contributed by atoms with E-state index in [9.17, 15) is 4.79 Å². The maximum Gasteiger partial charge on any atom is 0.254 e. The van der Waals surface area contributed by atoms with E-state index in [1.807, 2.05) is 4.90 Å². The molecule has 146 valence electrons. The fourth-order valence-electron chi connectivity index (χ4n) is 3.41. The number of aryl methyl sites for hydroxylation is 1. The van der Waals surface area contributed by atoms with Gasteiger partial charge in [-0.25, -0.2) is 4.98 Å². The van der Waals surface area contributed by atoms with Gasteiger partial charge in [0.05, 0.1) is 24.4 Å². The number of thiazole rings is 1. The second kappa shape index (κ2) is 7.67. The zero-order chi connectivity index (χ0) is 19.7. The Hall–Kier alpha value is -2.80. The molecule has 1 amide bonds. The Morgan fingerprint density at radius 3 is 2.46 bits per heavy atom. The van der Waals surface area contributed by atoms with Crippen molar-refractivity contribution in [2.45, 2.75) is 6.92 Å². The fraction of sp³-hybridized carbons (Fsp3) is 0.333. The first-order valence-corrected chi connectivity index (χ1v) is 10.0. The van der Waals surface area contributed by atoms with Crippen LogP contribution in [-0.2, 0) is 0 Å². The molecule has 1 aliphatic heterocycles. The summed E-state index contributed by atoms with van der Waals surface area (Å²) >= 11 is 1.71. The number of hydrogen-bond acceptors (Lipinski definition) is 6. The number of aromatic nitrogens is 1. The zero-order valence-electron chi connectivity index (χ0n) is 16.3. The van der Waals surface area contributed by atoms with Crippen molar-refractivity contribution < 1.29 is 14.3 Å². The van der Waals surface area contributed by atoms with Crippen LogP contribution in [0.1, 0.15) is 15.9 Å². The van der Waals surface area contributed by atoms with Gasteiger partial charge in [0.1, 0.15) is 0 Å². The van der Waals surface area contributed by atoms with Gasteiger partial charge in [-0.2, -0.15) is 0 Å². The molecule has 1 saturated heterocycles. The highest BCUT2D eigenvalue weighted by atomic mass is 32.1. The van der Waals surface area contributed by atoms with Crippen molar-refractivity contribution in [1.29, 1.82) is 0 Å². The van der Waals surface area contributed by atoms with E-state index in [0.717, 1.165) is 23.7 Å². The molecule has 0 unspecified atom stereocenters. The van der Waals surface area contributed by atoms with Crippen LogP contribution in [0.3, 0.4) is 0 Å². The molecule has 2 heterocycles. The molecule has 0 atom stereocenters. The first-order valence-electron chi connectivity index (χ1n) is 9.22. The molecule has 28 heavy (non-hydrogen) atoms. The van der Waals surface area contributed by atoms with Gasteiger partial charge in [-0.05, 0) is 42.8 Å². The number of methoxy groups -OCH3 is 2. The number of piperazine rings is 1. The van der Waals surface area contributed by atoms with Gasteiger partial charge in [-0.1, -0.05) is 17.4 Å². The minimum Gasteiger partial charge on any atom is -0.493 e. The smallest absolute Gasteiger partial charge is 0.254 e. The predicted molar refractivity (Wildman–Crippen MR) is 112 cm³/mol. The van der Waals surface area contributed by atoms with E-state index < -0.39 is 0 Å². The lowest BCUT2D eigenvalue weighted by Crippen LogP contribution is -2.48. The third-order valence-electron chi connectivity index (χ3n) is 5.00. The van der Waals surface area contributed by atoms with Gasteiger partial charge >= 0.3 is 0 Å². The van der Waals surface area contributed by atoms with E-state index in [4.69, 9.17) is 14.5 Å². The Morgan fingerprint density at radius 1 is 1.00 bits per heavy atom. The Balaban J connectivity index is 1.45. The van der Waals surface area contributed by atoms with Crippen LogP contribution in [0, 0.1) is 6.92 Å². The third kappa shape index (κ3) is 3.49. The van der Waals surface area contributed by atoms with Crippen LogP contribution in [0.15, 0.2) is 36.4 Å². The van der Waals surface area contributed by atoms with Crippen LogP contribution in [0.5, 0.6) is 11.5 Å². The molecule has 6 nitrogen and oxygen atoms in total. The summed E-state index contributed by atoms with van der Waals surface area (Å²) in [5.41, 5.74) is 2.89. The van der Waals surface area contributed by atoms with Crippen LogP contribution in [0.2, 0.25) is 0 Å². The first-order chi connectivity index (χ1) is 13.6. The summed E-state index contributed by atoms with van der Waals surface area (Å²) in [6.45, 7) is 4.98. The molecule has 1 aromatic heterocycles.